The minimum Gasteiger partial charge on any atom is -0.387 e. The van der Waals surface area contributed by atoms with Crippen molar-refractivity contribution in [3.63, 3.8) is 0 Å². The fraction of sp³-hybridized carbons (Fsp3) is 0.167. The fourth-order valence-electron chi connectivity index (χ4n) is 3.81. The molecule has 148 valence electrons. The summed E-state index contributed by atoms with van der Waals surface area (Å²) >= 11 is 0. The van der Waals surface area contributed by atoms with Crippen LogP contribution in [-0.4, -0.2) is 18.1 Å². The van der Waals surface area contributed by atoms with Crippen molar-refractivity contribution in [1.82, 2.24) is 4.57 Å². The molecule has 0 radical (unpaired) electrons. The molecule has 0 saturated heterocycles. The van der Waals surface area contributed by atoms with Crippen molar-refractivity contribution in [2.24, 2.45) is 7.05 Å². The molecule has 0 aliphatic carbocycles. The number of hydrogen-bond donors (Lipinski definition) is 1. The lowest BCUT2D eigenvalue weighted by atomic mass is 10.0. The van der Waals surface area contributed by atoms with Gasteiger partial charge < -0.3 is 9.67 Å². The molecular formula is C24H23NO3S. The van der Waals surface area contributed by atoms with Crippen molar-refractivity contribution in [3.05, 3.63) is 102 Å². The van der Waals surface area contributed by atoms with E-state index in [1.54, 1.807) is 48.5 Å². The summed E-state index contributed by atoms with van der Waals surface area (Å²) in [7, 11) is -1.97. The lowest BCUT2D eigenvalue weighted by Crippen LogP contribution is -2.21. The number of fused-ring (bicyclic) bond motifs is 1. The summed E-state index contributed by atoms with van der Waals surface area (Å²) in [4.78, 5) is 0.205. The average molecular weight is 406 g/mol. The first-order chi connectivity index (χ1) is 13.9. The third kappa shape index (κ3) is 3.48. The molecule has 0 aliphatic heterocycles. The van der Waals surface area contributed by atoms with Gasteiger partial charge in [0.05, 0.1) is 4.90 Å². The van der Waals surface area contributed by atoms with E-state index in [4.69, 9.17) is 0 Å². The number of aliphatic hydroxyl groups is 1. The molecule has 1 heterocycles. The zero-order valence-electron chi connectivity index (χ0n) is 16.4. The van der Waals surface area contributed by atoms with Crippen LogP contribution in [0.15, 0.2) is 90.0 Å². The predicted octanol–water partition coefficient (Wildman–Crippen LogP) is 4.74. The number of benzene rings is 3. The van der Waals surface area contributed by atoms with E-state index in [0.717, 1.165) is 16.5 Å². The third-order valence-electron chi connectivity index (χ3n) is 5.35. The first-order valence-corrected chi connectivity index (χ1v) is 11.0. The van der Waals surface area contributed by atoms with Crippen LogP contribution in [0.2, 0.25) is 0 Å². The van der Waals surface area contributed by atoms with Crippen LogP contribution < -0.4 is 0 Å². The Labute approximate surface area is 171 Å². The monoisotopic (exact) mass is 405 g/mol. The lowest BCUT2D eigenvalue weighted by Gasteiger charge is -2.24. The first kappa shape index (κ1) is 19.4. The number of aromatic nitrogens is 1. The van der Waals surface area contributed by atoms with E-state index in [9.17, 15) is 13.5 Å². The normalized spacial score (nSPS) is 14.0. The summed E-state index contributed by atoms with van der Waals surface area (Å²) in [6.45, 7) is 1.91. The largest absolute Gasteiger partial charge is 0.387 e. The molecule has 0 amide bonds. The van der Waals surface area contributed by atoms with Gasteiger partial charge in [0.2, 0.25) is 0 Å². The summed E-state index contributed by atoms with van der Waals surface area (Å²) in [5, 5.41) is 11.0. The smallest absolute Gasteiger partial charge is 0.188 e. The van der Waals surface area contributed by atoms with E-state index in [-0.39, 0.29) is 4.90 Å². The van der Waals surface area contributed by atoms with Gasteiger partial charge in [-0.05, 0) is 36.2 Å². The molecule has 1 aromatic heterocycles. The highest BCUT2D eigenvalue weighted by molar-refractivity contribution is 7.91. The maximum atomic E-state index is 13.7. The Morgan fingerprint density at radius 3 is 2.17 bits per heavy atom. The Balaban J connectivity index is 1.96. The van der Waals surface area contributed by atoms with Crippen LogP contribution in [-0.2, 0) is 16.9 Å². The molecule has 4 aromatic rings. The van der Waals surface area contributed by atoms with Crippen molar-refractivity contribution in [1.29, 1.82) is 0 Å². The average Bonchev–Trinajstić information content (AvgIpc) is 3.05. The summed E-state index contributed by atoms with van der Waals surface area (Å²) < 4.78 is 29.4. The third-order valence-corrected chi connectivity index (χ3v) is 7.46. The van der Waals surface area contributed by atoms with E-state index in [1.807, 2.05) is 55.1 Å². The van der Waals surface area contributed by atoms with Crippen LogP contribution in [0.4, 0.5) is 0 Å². The second-order valence-electron chi connectivity index (χ2n) is 7.35. The van der Waals surface area contributed by atoms with Gasteiger partial charge in [-0.15, -0.1) is 0 Å². The molecule has 1 N–H and O–H groups in total. The van der Waals surface area contributed by atoms with E-state index < -0.39 is 21.2 Å². The molecule has 2 unspecified atom stereocenters. The Kier molecular flexibility index (Phi) is 5.03. The van der Waals surface area contributed by atoms with Gasteiger partial charge in [0.1, 0.15) is 11.4 Å². The standard InChI is InChI=1S/C24H23NO3S/c1-17-12-14-19(15-13-17)29(27,28)24(23(26)18-8-4-3-5-9-18)21-16-25(2)22-11-7-6-10-20(21)22/h3-16,23-24,26H,1-2H3. The molecule has 0 aliphatic rings. The van der Waals surface area contributed by atoms with Crippen molar-refractivity contribution < 1.29 is 13.5 Å². The predicted molar refractivity (Wildman–Crippen MR) is 115 cm³/mol. The molecule has 0 bridgehead atoms. The highest BCUT2D eigenvalue weighted by Gasteiger charge is 2.38. The van der Waals surface area contributed by atoms with Crippen LogP contribution in [0.1, 0.15) is 28.0 Å². The topological polar surface area (TPSA) is 59.3 Å². The minimum absolute atomic E-state index is 0.205. The van der Waals surface area contributed by atoms with Crippen LogP contribution in [0.3, 0.4) is 0 Å². The van der Waals surface area contributed by atoms with Crippen molar-refractivity contribution in [2.45, 2.75) is 23.2 Å². The zero-order chi connectivity index (χ0) is 20.6. The van der Waals surface area contributed by atoms with Gasteiger partial charge in [0, 0.05) is 24.1 Å². The fourth-order valence-corrected chi connectivity index (χ4v) is 5.63. The quantitative estimate of drug-likeness (QED) is 0.522. The van der Waals surface area contributed by atoms with Crippen LogP contribution >= 0.6 is 0 Å². The number of sulfone groups is 1. The first-order valence-electron chi connectivity index (χ1n) is 9.47. The Morgan fingerprint density at radius 2 is 1.48 bits per heavy atom. The van der Waals surface area contributed by atoms with Gasteiger partial charge >= 0.3 is 0 Å². The van der Waals surface area contributed by atoms with Crippen molar-refractivity contribution in [2.75, 3.05) is 0 Å². The van der Waals surface area contributed by atoms with Gasteiger partial charge in [0.15, 0.2) is 9.84 Å². The molecule has 4 rings (SSSR count). The SMILES string of the molecule is Cc1ccc(S(=O)(=O)C(c2cn(C)c3ccccc23)C(O)c2ccccc2)cc1. The van der Waals surface area contributed by atoms with E-state index in [2.05, 4.69) is 0 Å². The van der Waals surface area contributed by atoms with Gasteiger partial charge in [-0.2, -0.15) is 0 Å². The number of hydrogen-bond acceptors (Lipinski definition) is 3. The zero-order valence-corrected chi connectivity index (χ0v) is 17.2. The van der Waals surface area contributed by atoms with Gasteiger partial charge in [-0.25, -0.2) is 8.42 Å². The Hall–Kier alpha value is -2.89. The maximum Gasteiger partial charge on any atom is 0.188 e. The van der Waals surface area contributed by atoms with Crippen LogP contribution in [0.5, 0.6) is 0 Å². The maximum absolute atomic E-state index is 13.7. The molecule has 0 saturated carbocycles. The molecule has 0 spiro atoms. The summed E-state index contributed by atoms with van der Waals surface area (Å²) in [5.41, 5.74) is 3.07. The number of nitrogens with zero attached hydrogens (tertiary/aromatic N) is 1. The lowest BCUT2D eigenvalue weighted by molar-refractivity contribution is 0.171. The van der Waals surface area contributed by atoms with E-state index in [1.165, 1.54) is 0 Å². The van der Waals surface area contributed by atoms with Crippen molar-refractivity contribution >= 4 is 20.7 Å². The number of rotatable bonds is 5. The second-order valence-corrected chi connectivity index (χ2v) is 9.42. The highest BCUT2D eigenvalue weighted by Crippen LogP contribution is 2.42. The van der Waals surface area contributed by atoms with Gasteiger partial charge in [-0.3, -0.25) is 0 Å². The summed E-state index contributed by atoms with van der Waals surface area (Å²) in [6.07, 6.45) is 0.612. The molecule has 3 aromatic carbocycles. The Morgan fingerprint density at radius 1 is 0.862 bits per heavy atom. The van der Waals surface area contributed by atoms with Crippen LogP contribution in [0.25, 0.3) is 10.9 Å². The van der Waals surface area contributed by atoms with Gasteiger partial charge in [-0.1, -0.05) is 66.2 Å². The summed E-state index contributed by atoms with van der Waals surface area (Å²) in [5.74, 6) is 0. The number of aryl methyl sites for hydroxylation is 2. The molecule has 5 heteroatoms. The van der Waals surface area contributed by atoms with Gasteiger partial charge in [0.25, 0.3) is 0 Å². The second kappa shape index (κ2) is 7.50. The van der Waals surface area contributed by atoms with Crippen molar-refractivity contribution in [3.8, 4) is 0 Å². The Bertz CT molecular complexity index is 1240. The minimum atomic E-state index is -3.86. The highest BCUT2D eigenvalue weighted by atomic mass is 32.2. The molecular weight excluding hydrogens is 382 g/mol. The molecule has 2 atom stereocenters. The summed E-state index contributed by atoms with van der Waals surface area (Å²) in [6, 6.07) is 23.4. The molecule has 4 nitrogen and oxygen atoms in total. The molecule has 0 fully saturated rings. The van der Waals surface area contributed by atoms with E-state index >= 15 is 0 Å². The van der Waals surface area contributed by atoms with E-state index in [0.29, 0.717) is 11.1 Å². The van der Waals surface area contributed by atoms with Crippen LogP contribution in [0, 0.1) is 6.92 Å². The number of aliphatic hydroxyl groups excluding tert-OH is 1. The number of para-hydroxylation sites is 1. The molecule has 29 heavy (non-hydrogen) atoms.